The summed E-state index contributed by atoms with van der Waals surface area (Å²) in [6.45, 7) is 8.31. The van der Waals surface area contributed by atoms with Gasteiger partial charge in [-0.25, -0.2) is 0 Å². The fraction of sp³-hybridized carbons (Fsp3) is 0.545. The highest BCUT2D eigenvalue weighted by atomic mass is 16.5. The van der Waals surface area contributed by atoms with E-state index in [1.165, 1.54) is 6.20 Å². The van der Waals surface area contributed by atoms with Gasteiger partial charge in [-0.3, -0.25) is 5.41 Å². The quantitative estimate of drug-likeness (QED) is 0.746. The fourth-order valence-electron chi connectivity index (χ4n) is 1.85. The molecule has 0 saturated heterocycles. The largest absolute Gasteiger partial charge is 0.427 e. The highest BCUT2D eigenvalue weighted by Gasteiger charge is 2.16. The summed E-state index contributed by atoms with van der Waals surface area (Å²) in [5, 5.41) is 17.2. The van der Waals surface area contributed by atoms with Crippen molar-refractivity contribution >= 4 is 5.69 Å². The molecule has 0 bridgehead atoms. The molecule has 0 spiro atoms. The molecule has 4 nitrogen and oxygen atoms in total. The van der Waals surface area contributed by atoms with Gasteiger partial charge in [0.05, 0.1) is 5.69 Å². The minimum absolute atomic E-state index is 0.125. The lowest BCUT2D eigenvalue weighted by atomic mass is 10.2. The molecular weight excluding hydrogens is 190 g/mol. The lowest BCUT2D eigenvalue weighted by molar-refractivity contribution is 0.170. The highest BCUT2D eigenvalue weighted by Crippen LogP contribution is 2.14. The van der Waals surface area contributed by atoms with Gasteiger partial charge in [-0.05, 0) is 39.8 Å². The summed E-state index contributed by atoms with van der Waals surface area (Å²) in [6, 6.07) is 4.20. The van der Waals surface area contributed by atoms with E-state index in [4.69, 9.17) is 5.41 Å². The summed E-state index contributed by atoms with van der Waals surface area (Å²) >= 11 is 0. The molecule has 0 saturated carbocycles. The van der Waals surface area contributed by atoms with Gasteiger partial charge < -0.3 is 10.1 Å². The van der Waals surface area contributed by atoms with Crippen LogP contribution in [0.2, 0.25) is 0 Å². The van der Waals surface area contributed by atoms with E-state index in [1.807, 2.05) is 6.07 Å². The molecule has 0 aliphatic carbocycles. The lowest BCUT2D eigenvalue weighted by Gasteiger charge is -2.32. The average molecular weight is 209 g/mol. The summed E-state index contributed by atoms with van der Waals surface area (Å²) in [6.07, 6.45) is 1.46. The van der Waals surface area contributed by atoms with Gasteiger partial charge in [0, 0.05) is 18.3 Å². The average Bonchev–Trinajstić information content (AvgIpc) is 2.11. The maximum Gasteiger partial charge on any atom is 0.184 e. The van der Waals surface area contributed by atoms with Crippen molar-refractivity contribution < 1.29 is 5.21 Å². The molecule has 1 rings (SSSR count). The van der Waals surface area contributed by atoms with Gasteiger partial charge in [-0.1, -0.05) is 0 Å². The van der Waals surface area contributed by atoms with E-state index in [0.29, 0.717) is 12.1 Å². The Balaban J connectivity index is 3.24. The van der Waals surface area contributed by atoms with Crippen LogP contribution in [0.1, 0.15) is 27.7 Å². The Hall–Kier alpha value is -1.45. The van der Waals surface area contributed by atoms with E-state index < -0.39 is 0 Å². The Morgan fingerprint density at radius 1 is 1.27 bits per heavy atom. The standard InChI is InChI=1S/C11H19N3O/c1-8(2)14(9(3)4)10-6-5-7-13(15)11(10)12/h5-9,12,15H,1-4H3. The van der Waals surface area contributed by atoms with E-state index in [9.17, 15) is 5.21 Å². The summed E-state index contributed by atoms with van der Waals surface area (Å²) in [7, 11) is 0. The number of pyridine rings is 1. The molecule has 0 atom stereocenters. The van der Waals surface area contributed by atoms with E-state index in [2.05, 4.69) is 32.6 Å². The van der Waals surface area contributed by atoms with Crippen molar-refractivity contribution in [3.8, 4) is 0 Å². The minimum atomic E-state index is 0.125. The Bertz CT molecular complexity index is 374. The van der Waals surface area contributed by atoms with Gasteiger partial charge in [-0.15, -0.1) is 0 Å². The third-order valence-electron chi connectivity index (χ3n) is 2.34. The summed E-state index contributed by atoms with van der Waals surface area (Å²) in [5.41, 5.74) is 0.880. The molecule has 1 heterocycles. The monoisotopic (exact) mass is 209 g/mol. The predicted octanol–water partition coefficient (Wildman–Crippen LogP) is 1.83. The van der Waals surface area contributed by atoms with Crippen LogP contribution in [0, 0.1) is 5.41 Å². The molecule has 2 N–H and O–H groups in total. The lowest BCUT2D eigenvalue weighted by Crippen LogP contribution is -2.41. The first-order chi connectivity index (χ1) is 6.95. The van der Waals surface area contributed by atoms with E-state index in [0.717, 1.165) is 10.4 Å². The number of nitrogens with one attached hydrogen (secondary N) is 1. The topological polar surface area (TPSA) is 52.2 Å². The molecule has 4 heteroatoms. The zero-order valence-electron chi connectivity index (χ0n) is 9.73. The Kier molecular flexibility index (Phi) is 3.39. The Labute approximate surface area is 90.2 Å². The molecule has 0 radical (unpaired) electrons. The second-order valence-corrected chi connectivity index (χ2v) is 4.18. The van der Waals surface area contributed by atoms with Crippen LogP contribution in [0.4, 0.5) is 5.69 Å². The maximum atomic E-state index is 9.42. The van der Waals surface area contributed by atoms with Crippen LogP contribution in [0.25, 0.3) is 0 Å². The SMILES string of the molecule is CC(C)N(c1cccn(O)c1=N)C(C)C. The van der Waals surface area contributed by atoms with Crippen LogP contribution >= 0.6 is 0 Å². The first-order valence-corrected chi connectivity index (χ1v) is 5.19. The van der Waals surface area contributed by atoms with Crippen molar-refractivity contribution in [1.29, 1.82) is 5.41 Å². The van der Waals surface area contributed by atoms with Crippen LogP contribution < -0.4 is 10.4 Å². The van der Waals surface area contributed by atoms with Gasteiger partial charge in [0.1, 0.15) is 0 Å². The molecule has 0 aliphatic heterocycles. The minimum Gasteiger partial charge on any atom is -0.427 e. The van der Waals surface area contributed by atoms with Gasteiger partial charge in [0.2, 0.25) is 0 Å². The van der Waals surface area contributed by atoms with Crippen LogP contribution in [-0.2, 0) is 0 Å². The first-order valence-electron chi connectivity index (χ1n) is 5.19. The van der Waals surface area contributed by atoms with E-state index >= 15 is 0 Å². The van der Waals surface area contributed by atoms with Crippen molar-refractivity contribution in [2.75, 3.05) is 4.90 Å². The number of hydrogen-bond donors (Lipinski definition) is 2. The summed E-state index contributed by atoms with van der Waals surface area (Å²) in [5.74, 6) is 0. The number of aromatic nitrogens is 1. The second-order valence-electron chi connectivity index (χ2n) is 4.18. The van der Waals surface area contributed by atoms with Gasteiger partial charge >= 0.3 is 0 Å². The zero-order valence-corrected chi connectivity index (χ0v) is 9.73. The molecule has 0 aliphatic rings. The van der Waals surface area contributed by atoms with E-state index in [1.54, 1.807) is 6.07 Å². The number of nitrogens with zero attached hydrogens (tertiary/aromatic N) is 2. The predicted molar refractivity (Wildman–Crippen MR) is 60.2 cm³/mol. The summed E-state index contributed by atoms with van der Waals surface area (Å²) < 4.78 is 0.840. The molecule has 0 fully saturated rings. The van der Waals surface area contributed by atoms with Crippen molar-refractivity contribution in [1.82, 2.24) is 4.73 Å². The van der Waals surface area contributed by atoms with Crippen molar-refractivity contribution in [2.45, 2.75) is 39.8 Å². The van der Waals surface area contributed by atoms with Gasteiger partial charge in [0.15, 0.2) is 5.49 Å². The smallest absolute Gasteiger partial charge is 0.184 e. The Morgan fingerprint density at radius 2 is 1.80 bits per heavy atom. The van der Waals surface area contributed by atoms with Crippen LogP contribution in [0.5, 0.6) is 0 Å². The van der Waals surface area contributed by atoms with Crippen molar-refractivity contribution in [3.05, 3.63) is 23.8 Å². The Morgan fingerprint density at radius 3 is 2.27 bits per heavy atom. The zero-order chi connectivity index (χ0) is 11.6. The molecule has 0 amide bonds. The van der Waals surface area contributed by atoms with E-state index in [-0.39, 0.29) is 5.49 Å². The maximum absolute atomic E-state index is 9.42. The molecule has 0 unspecified atom stereocenters. The van der Waals surface area contributed by atoms with Crippen LogP contribution in [-0.4, -0.2) is 22.0 Å². The molecule has 1 aromatic rings. The number of hydrogen-bond acceptors (Lipinski definition) is 3. The molecule has 0 aromatic carbocycles. The first kappa shape index (κ1) is 11.6. The molecular formula is C11H19N3O. The molecule has 84 valence electrons. The third kappa shape index (κ3) is 2.32. The number of rotatable bonds is 3. The summed E-state index contributed by atoms with van der Waals surface area (Å²) in [4.78, 5) is 2.11. The third-order valence-corrected chi connectivity index (χ3v) is 2.34. The normalized spacial score (nSPS) is 11.1. The van der Waals surface area contributed by atoms with Crippen LogP contribution in [0.3, 0.4) is 0 Å². The van der Waals surface area contributed by atoms with Gasteiger partial charge in [-0.2, -0.15) is 4.73 Å². The molecule has 1 aromatic heterocycles. The second kappa shape index (κ2) is 4.38. The fourth-order valence-corrected chi connectivity index (χ4v) is 1.85. The highest BCUT2D eigenvalue weighted by molar-refractivity contribution is 5.44. The van der Waals surface area contributed by atoms with Gasteiger partial charge in [0.25, 0.3) is 0 Å². The van der Waals surface area contributed by atoms with Crippen molar-refractivity contribution in [3.63, 3.8) is 0 Å². The van der Waals surface area contributed by atoms with Crippen molar-refractivity contribution in [2.24, 2.45) is 0 Å². The molecule has 15 heavy (non-hydrogen) atoms. The van der Waals surface area contributed by atoms with Crippen LogP contribution in [0.15, 0.2) is 18.3 Å². The number of anilines is 1.